The molecule has 6 aromatic rings. The topological polar surface area (TPSA) is 156 Å². The van der Waals surface area contributed by atoms with Gasteiger partial charge >= 0.3 is 18.0 Å². The van der Waals surface area contributed by atoms with Crippen molar-refractivity contribution in [3.63, 3.8) is 0 Å². The van der Waals surface area contributed by atoms with Crippen LogP contribution < -0.4 is 29.1 Å². The Balaban J connectivity index is 0.000000262. The number of halogens is 2. The zero-order valence-electron chi connectivity index (χ0n) is 54.0. The SMILES string of the molecule is C=C(F)C(=O)O.S.S.S.S.[C-]#[N+]C[C@@H]1CCCN(c2nc(OC[C@@H]3CCCN3C)nc3c2CCCN(c2cccc4cccc(C)c24)C3)C1.[C-]#[N+]C[C@H]1CN(c2nc(OC[C@@H]3CCCN3C)nc3c2CCCN(c2cccc4cccc(C)c24)C3)CCN1C(=O)C(=C)F. The molecule has 8 heterocycles. The van der Waals surface area contributed by atoms with E-state index in [2.05, 4.69) is 153 Å². The monoisotopic (exact) mass is 1350 g/mol. The molecule has 0 unspecified atom stereocenters. The van der Waals surface area contributed by atoms with Crippen LogP contribution >= 0.6 is 54.0 Å². The lowest BCUT2D eigenvalue weighted by Crippen LogP contribution is -2.56. The number of hydrogen-bond acceptors (Lipinski definition) is 14. The molecule has 4 fully saturated rings. The Morgan fingerprint density at radius 3 is 1.44 bits per heavy atom. The highest BCUT2D eigenvalue weighted by atomic mass is 32.1. The number of piperazine rings is 1. The Morgan fingerprint density at radius 1 is 0.570 bits per heavy atom. The molecule has 0 saturated carbocycles. The predicted octanol–water partition coefficient (Wildman–Crippen LogP) is 11.3. The third kappa shape index (κ3) is 18.0. The Kier molecular flexibility index (Phi) is 28.1. The Hall–Kier alpha value is -7.06. The maximum absolute atomic E-state index is 13.9. The van der Waals surface area contributed by atoms with E-state index in [4.69, 9.17) is 47.7 Å². The lowest BCUT2D eigenvalue weighted by molar-refractivity contribution is -0.134. The van der Waals surface area contributed by atoms with Crippen LogP contribution in [0.3, 0.4) is 0 Å². The summed E-state index contributed by atoms with van der Waals surface area (Å²) in [5, 5.41) is 12.6. The van der Waals surface area contributed by atoms with Gasteiger partial charge in [0.25, 0.3) is 5.91 Å². The van der Waals surface area contributed by atoms with Crippen molar-refractivity contribution >= 4 is 110 Å². The van der Waals surface area contributed by atoms with Crippen LogP contribution in [0.2, 0.25) is 0 Å². The molecule has 18 nitrogen and oxygen atoms in total. The number of carboxylic acids is 1. The smallest absolute Gasteiger partial charge is 0.364 e. The number of rotatable bonds is 14. The van der Waals surface area contributed by atoms with Crippen LogP contribution in [0.4, 0.5) is 31.8 Å². The van der Waals surface area contributed by atoms with Crippen LogP contribution in [0, 0.1) is 32.9 Å². The van der Waals surface area contributed by atoms with Gasteiger partial charge in [0, 0.05) is 97.1 Å². The fourth-order valence-electron chi connectivity index (χ4n) is 13.8. The molecule has 6 aliphatic heterocycles. The van der Waals surface area contributed by atoms with Crippen LogP contribution in [0.25, 0.3) is 31.2 Å². The average Bonchev–Trinajstić information content (AvgIpc) is 1.78. The van der Waals surface area contributed by atoms with Gasteiger partial charge in [0.2, 0.25) is 18.9 Å². The summed E-state index contributed by atoms with van der Waals surface area (Å²) in [5.41, 5.74) is 9.39. The van der Waals surface area contributed by atoms with Gasteiger partial charge in [-0.3, -0.25) is 4.79 Å². The van der Waals surface area contributed by atoms with Crippen molar-refractivity contribution in [1.29, 1.82) is 0 Å². The van der Waals surface area contributed by atoms with Gasteiger partial charge in [0.1, 0.15) is 30.9 Å². The lowest BCUT2D eigenvalue weighted by atomic mass is 9.97. The Bertz CT molecular complexity index is 3650. The highest BCUT2D eigenvalue weighted by Gasteiger charge is 2.37. The number of piperidine rings is 1. The molecule has 500 valence electrons. The van der Waals surface area contributed by atoms with E-state index in [1.807, 2.05) is 0 Å². The predicted molar refractivity (Wildman–Crippen MR) is 388 cm³/mol. The second-order valence-corrected chi connectivity index (χ2v) is 24.5. The number of carbonyl (C=O) groups is 2. The number of amides is 1. The van der Waals surface area contributed by atoms with Crippen molar-refractivity contribution in [3.05, 3.63) is 154 Å². The van der Waals surface area contributed by atoms with Gasteiger partial charge in [-0.05, 0) is 139 Å². The third-order valence-corrected chi connectivity index (χ3v) is 18.5. The van der Waals surface area contributed by atoms with Gasteiger partial charge in [0.05, 0.1) is 24.5 Å². The summed E-state index contributed by atoms with van der Waals surface area (Å²) in [6.07, 6.45) is 10.6. The lowest BCUT2D eigenvalue weighted by Gasteiger charge is -2.40. The highest BCUT2D eigenvalue weighted by molar-refractivity contribution is 7.59. The van der Waals surface area contributed by atoms with E-state index in [0.717, 1.165) is 132 Å². The van der Waals surface area contributed by atoms with Gasteiger partial charge in [-0.1, -0.05) is 73.8 Å². The molecule has 0 bridgehead atoms. The minimum Gasteiger partial charge on any atom is -0.476 e. The molecule has 24 heteroatoms. The zero-order valence-corrected chi connectivity index (χ0v) is 58.0. The van der Waals surface area contributed by atoms with E-state index in [9.17, 15) is 18.4 Å². The van der Waals surface area contributed by atoms with E-state index in [-0.39, 0.29) is 67.1 Å². The number of carbonyl (C=O) groups excluding carboxylic acids is 1. The van der Waals surface area contributed by atoms with Crippen molar-refractivity contribution in [3.8, 4) is 12.0 Å². The molecule has 0 aliphatic carbocycles. The van der Waals surface area contributed by atoms with Crippen LogP contribution in [0.15, 0.2) is 97.6 Å². The number of carboxylic acid groups (broad SMARTS) is 1. The van der Waals surface area contributed by atoms with Crippen molar-refractivity contribution in [1.82, 2.24) is 34.6 Å². The number of ether oxygens (including phenoxy) is 2. The first kappa shape index (κ1) is 75.0. The van der Waals surface area contributed by atoms with Gasteiger partial charge < -0.3 is 58.6 Å². The summed E-state index contributed by atoms with van der Waals surface area (Å²) < 4.78 is 37.5. The summed E-state index contributed by atoms with van der Waals surface area (Å²) in [5.74, 6) is -2.43. The maximum atomic E-state index is 13.9. The minimum atomic E-state index is -1.60. The number of benzene rings is 4. The summed E-state index contributed by atoms with van der Waals surface area (Å²) in [6.45, 7) is 35.2. The highest BCUT2D eigenvalue weighted by Crippen LogP contribution is 2.38. The van der Waals surface area contributed by atoms with Gasteiger partial charge in [-0.25, -0.2) is 22.3 Å². The molecule has 4 atom stereocenters. The fraction of sp³-hybridized carbons (Fsp3) is 0.478. The van der Waals surface area contributed by atoms with Crippen molar-refractivity contribution in [2.75, 3.05) is 119 Å². The number of likely N-dealkylation sites (N-methyl/N-ethyl adjacent to an activating group) is 2. The van der Waals surface area contributed by atoms with Crippen LogP contribution in [0.1, 0.15) is 85.0 Å². The number of hydrogen-bond donors (Lipinski definition) is 1. The van der Waals surface area contributed by atoms with E-state index in [0.29, 0.717) is 69.4 Å². The minimum absolute atomic E-state index is 0. The number of fused-ring (bicyclic) bond motifs is 4. The first-order valence-corrected chi connectivity index (χ1v) is 31.4. The van der Waals surface area contributed by atoms with Crippen molar-refractivity contribution < 1.29 is 33.0 Å². The largest absolute Gasteiger partial charge is 0.476 e. The molecular weight excluding hydrogens is 1260 g/mol. The summed E-state index contributed by atoms with van der Waals surface area (Å²) in [7, 11) is 4.30. The number of aromatic nitrogens is 4. The number of nitrogens with zero attached hydrogens (tertiary/aromatic N) is 13. The second-order valence-electron chi connectivity index (χ2n) is 24.5. The van der Waals surface area contributed by atoms with Gasteiger partial charge in [-0.2, -0.15) is 78.3 Å². The number of aryl methyl sites for hydroxylation is 2. The fourth-order valence-corrected chi connectivity index (χ4v) is 13.8. The van der Waals surface area contributed by atoms with Crippen molar-refractivity contribution in [2.24, 2.45) is 5.92 Å². The molecule has 1 amide bonds. The number of anilines is 4. The molecule has 12 rings (SSSR count). The molecule has 1 N–H and O–H groups in total. The van der Waals surface area contributed by atoms with Crippen LogP contribution in [-0.4, -0.2) is 169 Å². The summed E-state index contributed by atoms with van der Waals surface area (Å²) in [4.78, 5) is 64.8. The first-order valence-electron chi connectivity index (χ1n) is 31.4. The molecule has 4 aromatic carbocycles. The van der Waals surface area contributed by atoms with E-state index < -0.39 is 29.6 Å². The van der Waals surface area contributed by atoms with E-state index in [1.165, 1.54) is 60.9 Å². The molecule has 0 spiro atoms. The van der Waals surface area contributed by atoms with Gasteiger partial charge in [0.15, 0.2) is 5.83 Å². The molecule has 2 aromatic heterocycles. The molecule has 4 saturated heterocycles. The zero-order chi connectivity index (χ0) is 62.7. The van der Waals surface area contributed by atoms with Crippen LogP contribution in [0.5, 0.6) is 12.0 Å². The Labute approximate surface area is 574 Å². The van der Waals surface area contributed by atoms with Crippen LogP contribution in [-0.2, 0) is 35.5 Å². The van der Waals surface area contributed by atoms with E-state index >= 15 is 0 Å². The average molecular weight is 1350 g/mol. The molecule has 93 heavy (non-hydrogen) atoms. The third-order valence-electron chi connectivity index (χ3n) is 18.5. The number of likely N-dealkylation sites (tertiary alicyclic amines) is 2. The van der Waals surface area contributed by atoms with Crippen molar-refractivity contribution in [2.45, 2.75) is 109 Å². The standard InChI is InChI=1S/C34H40FN7O2.C32H40N6O.C3H3FO2.4H2S/c1-23-9-5-10-25-11-6-14-30(31(23)25)40-16-8-13-28-29(21-40)37-34(44-22-26-12-7-15-39(26)4)38-32(28)41-17-18-42(33(43)24(2)35)27(20-41)19-36-3;1-23-9-4-11-25-12-5-15-29(30(23)25)37-17-8-14-27-28(21-37)34-32(39-22-26-13-7-16-36(26)3)35-31(27)38-18-6-10-24(20-38)19-33-2;1-2(4)3(5)6;;;;/h5-6,9-11,14,26-27H,2,7-8,12-13,15-22H2,1,4H3;4-5,9,11-12,15,24,26H,6-8,10,13-14,16-22H2,1,3H3;1H2,(H,5,6);4*1H2/t26-,27-;24-,26-;;;;;/m00...../s1. The maximum Gasteiger partial charge on any atom is 0.364 e. The Morgan fingerprint density at radius 2 is 1.01 bits per heavy atom. The number of aliphatic carboxylic acids is 1. The first-order chi connectivity index (χ1) is 43.1. The van der Waals surface area contributed by atoms with Gasteiger partial charge in [-0.15, -0.1) is 0 Å². The second kappa shape index (κ2) is 34.9. The van der Waals surface area contributed by atoms with E-state index in [1.54, 1.807) is 0 Å². The summed E-state index contributed by atoms with van der Waals surface area (Å²) in [6, 6.07) is 27.2. The molecule has 0 radical (unpaired) electrons. The quantitative estimate of drug-likeness (QED) is 0.0811. The molecule has 6 aliphatic rings. The molecular formula is C69H91F2N13O5S4. The summed E-state index contributed by atoms with van der Waals surface area (Å²) >= 11 is 0. The normalized spacial score (nSPS) is 19.5.